The number of carbonyl (C=O) groups is 2. The minimum Gasteiger partial charge on any atom is -0.564 e. The first-order valence-electron chi connectivity index (χ1n) is 6.97. The maximum atomic E-state index is 11.1. The molecule has 0 aliphatic rings. The molecule has 24 heavy (non-hydrogen) atoms. The van der Waals surface area contributed by atoms with Gasteiger partial charge in [0.2, 0.25) is 11.8 Å². The number of rotatable bonds is 8. The predicted molar refractivity (Wildman–Crippen MR) is 82.5 cm³/mol. The van der Waals surface area contributed by atoms with Crippen molar-refractivity contribution >= 4 is 11.8 Å². The predicted octanol–water partition coefficient (Wildman–Crippen LogP) is 1.29. The van der Waals surface area contributed by atoms with Crippen molar-refractivity contribution in [3.63, 3.8) is 0 Å². The van der Waals surface area contributed by atoms with E-state index in [0.717, 1.165) is 19.6 Å². The van der Waals surface area contributed by atoms with Crippen molar-refractivity contribution in [2.45, 2.75) is 33.3 Å². The molecule has 0 atom stereocenters. The standard InChI is InChI=1S/C10H20N2O2.C5H9O2.Rf.Rh.Y/c1-5-6-12(10(3)14)8-7-11(4)9(2)13;1-5(2)7-4-3-6;;;/h5-8H2,1-4H3;3,5-6H,1-2,4H2;;;/q;-3;;;. The van der Waals surface area contributed by atoms with Gasteiger partial charge in [-0.3, -0.25) is 9.59 Å². The fourth-order valence-corrected chi connectivity index (χ4v) is 1.30. The molecule has 6 nitrogen and oxygen atoms in total. The average molecular weight is 760 g/mol. The summed E-state index contributed by atoms with van der Waals surface area (Å²) in [6.07, 6.45) is 0.659. The van der Waals surface area contributed by atoms with Gasteiger partial charge in [-0.15, -0.1) is 0 Å². The number of likely N-dealkylation sites (N-methyl/N-ethyl adjacent to an activating group) is 1. The van der Waals surface area contributed by atoms with E-state index in [1.807, 2.05) is 6.92 Å². The molecule has 0 heterocycles. The Balaban J connectivity index is -0.000000105. The van der Waals surface area contributed by atoms with E-state index in [1.54, 1.807) is 23.8 Å². The van der Waals surface area contributed by atoms with E-state index in [4.69, 9.17) is 5.11 Å². The van der Waals surface area contributed by atoms with Crippen molar-refractivity contribution in [2.24, 2.45) is 0 Å². The summed E-state index contributed by atoms with van der Waals surface area (Å²) in [4.78, 5) is 25.4. The van der Waals surface area contributed by atoms with Gasteiger partial charge in [0.05, 0.1) is 0 Å². The van der Waals surface area contributed by atoms with Crippen LogP contribution in [0.15, 0.2) is 0 Å². The third-order valence-electron chi connectivity index (χ3n) is 2.59. The van der Waals surface area contributed by atoms with Crippen molar-refractivity contribution < 1.29 is 71.6 Å². The van der Waals surface area contributed by atoms with Gasteiger partial charge in [0.1, 0.15) is 0 Å². The minimum atomic E-state index is -0.289. The first-order valence-corrected chi connectivity index (χ1v) is 6.97. The third-order valence-corrected chi connectivity index (χ3v) is 2.59. The van der Waals surface area contributed by atoms with E-state index < -0.39 is 0 Å². The Morgan fingerprint density at radius 2 is 1.67 bits per heavy atom. The van der Waals surface area contributed by atoms with E-state index in [-0.39, 0.29) is 76.7 Å². The second kappa shape index (κ2) is 22.6. The van der Waals surface area contributed by atoms with Crippen molar-refractivity contribution in [3.8, 4) is 0 Å². The van der Waals surface area contributed by atoms with Gasteiger partial charge in [0.25, 0.3) is 0 Å². The van der Waals surface area contributed by atoms with Crippen LogP contribution in [0.25, 0.3) is 0 Å². The number of amides is 2. The molecule has 9 heteroatoms. The quantitative estimate of drug-likeness (QED) is 0.300. The van der Waals surface area contributed by atoms with Crippen LogP contribution in [0.2, 0.25) is 0 Å². The number of nitrogens with zero attached hydrogens (tertiary/aromatic N) is 2. The molecule has 0 aromatic rings. The molecule has 2 radical (unpaired) electrons. The number of ether oxygens (including phenoxy) is 1. The number of hydrogen-bond acceptors (Lipinski definition) is 4. The summed E-state index contributed by atoms with van der Waals surface area (Å²) in [7, 11) is 1.74. The monoisotopic (exact) mass is 760 g/mol. The second-order valence-electron chi connectivity index (χ2n) is 4.58. The maximum absolute atomic E-state index is 11.1. The molecule has 0 aliphatic heterocycles. The van der Waals surface area contributed by atoms with Gasteiger partial charge in [-0.05, 0) is 6.42 Å². The largest absolute Gasteiger partial charge is 0.564 e. The van der Waals surface area contributed by atoms with Crippen molar-refractivity contribution in [3.05, 3.63) is 20.5 Å². The Labute approximate surface area is 179 Å². The van der Waals surface area contributed by atoms with Crippen LogP contribution in [0.3, 0.4) is 0 Å². The van der Waals surface area contributed by atoms with E-state index in [9.17, 15) is 9.59 Å². The molecule has 140 valence electrons. The van der Waals surface area contributed by atoms with Gasteiger partial charge in [0, 0.05) is 92.7 Å². The average Bonchev–Trinajstić information content (AvgIpc) is 2.40. The summed E-state index contributed by atoms with van der Waals surface area (Å²) >= 11 is 0. The summed E-state index contributed by atoms with van der Waals surface area (Å²) in [5.41, 5.74) is 0. The maximum Gasteiger partial charge on any atom is 0.219 e. The molecule has 0 saturated heterocycles. The molecule has 0 fully saturated rings. The van der Waals surface area contributed by atoms with E-state index >= 15 is 0 Å². The van der Waals surface area contributed by atoms with Crippen molar-refractivity contribution in [1.82, 2.24) is 9.80 Å². The van der Waals surface area contributed by atoms with Crippen LogP contribution in [-0.4, -0.2) is 66.1 Å². The van der Waals surface area contributed by atoms with Crippen LogP contribution < -0.4 is 0 Å². The molecular formula is C15H29N2O4RfRhY-3. The zero-order valence-corrected chi connectivity index (χ0v) is 26.2. The molecule has 0 unspecified atom stereocenters. The molecular weight excluding hydrogens is 731 g/mol. The van der Waals surface area contributed by atoms with Crippen LogP contribution in [0, 0.1) is 20.5 Å². The summed E-state index contributed by atoms with van der Waals surface area (Å²) in [5.74, 6) is 0.105. The van der Waals surface area contributed by atoms with Crippen LogP contribution >= 0.6 is 0 Å². The van der Waals surface area contributed by atoms with Crippen LogP contribution in [0.1, 0.15) is 27.2 Å². The molecule has 0 saturated carbocycles. The molecule has 1 N–H and O–H groups in total. The van der Waals surface area contributed by atoms with Gasteiger partial charge >= 0.3 is 0 Å². The Morgan fingerprint density at radius 1 is 1.17 bits per heavy atom. The molecule has 0 rings (SSSR count). The fraction of sp³-hybridized carbons (Fsp3) is 0.667. The van der Waals surface area contributed by atoms with Gasteiger partial charge in [0.15, 0.2) is 0 Å². The molecule has 0 spiro atoms. The zero-order chi connectivity index (χ0) is 16.8. The Kier molecular flexibility index (Phi) is 32.8. The summed E-state index contributed by atoms with van der Waals surface area (Å²) in [5, 5.41) is 8.01. The first kappa shape index (κ1) is 34.8. The Bertz CT molecular complexity index is 301. The van der Waals surface area contributed by atoms with Crippen molar-refractivity contribution in [2.75, 3.05) is 33.3 Å². The van der Waals surface area contributed by atoms with Gasteiger partial charge in [-0.1, -0.05) is 13.5 Å². The summed E-state index contributed by atoms with van der Waals surface area (Å²) < 4.78 is 4.66. The Hall–Kier alpha value is -0.413. The second-order valence-corrected chi connectivity index (χ2v) is 4.58. The number of aliphatic hydroxyl groups excluding tert-OH is 1. The van der Waals surface area contributed by atoms with Gasteiger partial charge in [-0.2, -0.15) is 6.61 Å². The normalized spacial score (nSPS) is 8.67. The number of hydrogen-bond donors (Lipinski definition) is 1. The Morgan fingerprint density at radius 3 is 1.92 bits per heavy atom. The fourth-order valence-electron chi connectivity index (χ4n) is 1.30. The van der Waals surface area contributed by atoms with Crippen LogP contribution in [0.5, 0.6) is 0 Å². The SMILES string of the molecule is CCCN(CCN(C)C(C)=O)C(C)=O.[CH2-]C([CH2-])OC[CH-]O.[Rf].[Rh].[Y]. The van der Waals surface area contributed by atoms with Crippen LogP contribution in [0.4, 0.5) is 0 Å². The van der Waals surface area contributed by atoms with Crippen molar-refractivity contribution in [1.29, 1.82) is 0 Å². The number of aliphatic hydroxyl groups is 1. The molecule has 2 amide bonds. The van der Waals surface area contributed by atoms with Gasteiger partial charge in [-0.25, -0.2) is 6.10 Å². The number of carbonyl (C=O) groups excluding carboxylic acids is 2. The summed E-state index contributed by atoms with van der Waals surface area (Å²) in [6, 6.07) is 0. The molecule has 0 aliphatic carbocycles. The zero-order valence-electron chi connectivity index (χ0n) is 15.3. The molecule has 0 aromatic carbocycles. The van der Waals surface area contributed by atoms with Crippen LogP contribution in [-0.2, 0) is 66.5 Å². The minimum absolute atomic E-state index is 0. The summed E-state index contributed by atoms with van der Waals surface area (Å²) in [6.45, 7) is 15.1. The van der Waals surface area contributed by atoms with Gasteiger partial charge < -0.3 is 33.5 Å². The molecule has 0 bridgehead atoms. The van der Waals surface area contributed by atoms with E-state index in [2.05, 4.69) is 18.6 Å². The molecule has 0 aromatic heterocycles. The topological polar surface area (TPSA) is 70.1 Å². The third kappa shape index (κ3) is 23.8. The van der Waals surface area contributed by atoms with E-state index in [1.165, 1.54) is 6.92 Å². The smallest absolute Gasteiger partial charge is 0.219 e. The van der Waals surface area contributed by atoms with E-state index in [0.29, 0.717) is 13.1 Å². The first-order chi connectivity index (χ1) is 9.76.